The molecule has 0 radical (unpaired) electrons. The van der Waals surface area contributed by atoms with Crippen LogP contribution in [0.2, 0.25) is 0 Å². The molecule has 1 aromatic carbocycles. The number of hydrogen-bond acceptors (Lipinski definition) is 6. The van der Waals surface area contributed by atoms with E-state index in [1.807, 2.05) is 37.3 Å². The molecule has 0 aliphatic rings. The average molecular weight is 343 g/mol. The first kappa shape index (κ1) is 16.3. The highest BCUT2D eigenvalue weighted by atomic mass is 32.2. The zero-order valence-corrected chi connectivity index (χ0v) is 14.2. The maximum atomic E-state index is 12.1. The summed E-state index contributed by atoms with van der Waals surface area (Å²) >= 11 is 1.23. The molecule has 0 saturated carbocycles. The minimum atomic E-state index is -0.0357. The molecule has 0 aliphatic carbocycles. The number of thioether (sulfide) groups is 1. The summed E-state index contributed by atoms with van der Waals surface area (Å²) in [4.78, 5) is 13.7. The predicted octanol–water partition coefficient (Wildman–Crippen LogP) is 3.39. The molecule has 3 rings (SSSR count). The highest BCUT2D eigenvalue weighted by Crippen LogP contribution is 2.23. The maximum Gasteiger partial charge on any atom is 0.277 e. The molecule has 3 aromatic rings. The minimum absolute atomic E-state index is 0.0357. The normalized spacial score (nSPS) is 10.8. The fourth-order valence-electron chi connectivity index (χ4n) is 2.04. The van der Waals surface area contributed by atoms with Gasteiger partial charge in [-0.15, -0.1) is 10.2 Å². The first-order valence-corrected chi connectivity index (χ1v) is 8.40. The molecule has 124 valence electrons. The molecule has 0 fully saturated rings. The number of benzene rings is 1. The van der Waals surface area contributed by atoms with Crippen molar-refractivity contribution in [2.75, 3.05) is 12.8 Å². The molecule has 0 N–H and O–H groups in total. The zero-order valence-electron chi connectivity index (χ0n) is 13.4. The van der Waals surface area contributed by atoms with Crippen LogP contribution in [-0.4, -0.2) is 33.8 Å². The average Bonchev–Trinajstić information content (AvgIpc) is 3.25. The first-order chi connectivity index (χ1) is 11.6. The fourth-order valence-corrected chi connectivity index (χ4v) is 2.74. The van der Waals surface area contributed by atoms with Crippen LogP contribution in [0.15, 0.2) is 56.7 Å². The summed E-state index contributed by atoms with van der Waals surface area (Å²) < 4.78 is 10.8. The molecular formula is C17H17N3O3S. The standard InChI is InChI=1S/C17H17N3O3S/c1-12-5-7-13(8-6-12)16-18-19-17(23-16)24-11-15(21)20(2)10-14-4-3-9-22-14/h3-9H,10-11H2,1-2H3. The summed E-state index contributed by atoms with van der Waals surface area (Å²) in [6.45, 7) is 2.45. The smallest absolute Gasteiger partial charge is 0.277 e. The monoisotopic (exact) mass is 343 g/mol. The van der Waals surface area contributed by atoms with Crippen molar-refractivity contribution in [2.24, 2.45) is 0 Å². The molecule has 0 spiro atoms. The van der Waals surface area contributed by atoms with E-state index in [2.05, 4.69) is 10.2 Å². The molecule has 1 amide bonds. The summed E-state index contributed by atoms with van der Waals surface area (Å²) in [5.41, 5.74) is 2.03. The Hall–Kier alpha value is -2.54. The number of hydrogen-bond donors (Lipinski definition) is 0. The Balaban J connectivity index is 1.55. The Kier molecular flexibility index (Phi) is 5.00. The van der Waals surface area contributed by atoms with E-state index in [9.17, 15) is 4.79 Å². The number of furan rings is 1. The van der Waals surface area contributed by atoms with Crippen LogP contribution < -0.4 is 0 Å². The molecule has 24 heavy (non-hydrogen) atoms. The predicted molar refractivity (Wildman–Crippen MR) is 90.4 cm³/mol. The van der Waals surface area contributed by atoms with Gasteiger partial charge in [-0.2, -0.15) is 0 Å². The van der Waals surface area contributed by atoms with Crippen LogP contribution in [-0.2, 0) is 11.3 Å². The number of carbonyl (C=O) groups is 1. The molecule has 2 aromatic heterocycles. The van der Waals surface area contributed by atoms with Gasteiger partial charge in [0.05, 0.1) is 18.6 Å². The largest absolute Gasteiger partial charge is 0.467 e. The van der Waals surface area contributed by atoms with E-state index in [-0.39, 0.29) is 11.7 Å². The number of aromatic nitrogens is 2. The third kappa shape index (κ3) is 4.05. The summed E-state index contributed by atoms with van der Waals surface area (Å²) in [5.74, 6) is 1.39. The van der Waals surface area contributed by atoms with Crippen LogP contribution in [0.1, 0.15) is 11.3 Å². The molecule has 7 heteroatoms. The quantitative estimate of drug-likeness (QED) is 0.639. The summed E-state index contributed by atoms with van der Waals surface area (Å²) in [6, 6.07) is 11.5. The maximum absolute atomic E-state index is 12.1. The lowest BCUT2D eigenvalue weighted by Gasteiger charge is -2.14. The molecule has 2 heterocycles. The topological polar surface area (TPSA) is 72.4 Å². The van der Waals surface area contributed by atoms with Crippen LogP contribution in [0.25, 0.3) is 11.5 Å². The van der Waals surface area contributed by atoms with E-state index in [1.54, 1.807) is 24.3 Å². The van der Waals surface area contributed by atoms with E-state index in [0.717, 1.165) is 16.9 Å². The van der Waals surface area contributed by atoms with Crippen LogP contribution in [0.5, 0.6) is 0 Å². The Bertz CT molecular complexity index is 797. The van der Waals surface area contributed by atoms with Crippen LogP contribution in [0, 0.1) is 6.92 Å². The van der Waals surface area contributed by atoms with Crippen molar-refractivity contribution in [1.82, 2.24) is 15.1 Å². The summed E-state index contributed by atoms with van der Waals surface area (Å²) in [6.07, 6.45) is 1.59. The van der Waals surface area contributed by atoms with Gasteiger partial charge < -0.3 is 13.7 Å². The highest BCUT2D eigenvalue weighted by Gasteiger charge is 2.14. The Morgan fingerprint density at radius 1 is 1.21 bits per heavy atom. The molecule has 0 unspecified atom stereocenters. The van der Waals surface area contributed by atoms with Gasteiger partial charge in [-0.25, -0.2) is 0 Å². The summed E-state index contributed by atoms with van der Waals surface area (Å²) in [7, 11) is 1.73. The van der Waals surface area contributed by atoms with Crippen molar-refractivity contribution < 1.29 is 13.6 Å². The van der Waals surface area contributed by atoms with Gasteiger partial charge >= 0.3 is 0 Å². The van der Waals surface area contributed by atoms with E-state index in [4.69, 9.17) is 8.83 Å². The molecule has 6 nitrogen and oxygen atoms in total. The van der Waals surface area contributed by atoms with Gasteiger partial charge in [-0.3, -0.25) is 4.79 Å². The molecule has 0 saturated heterocycles. The van der Waals surface area contributed by atoms with Gasteiger partial charge in [0.2, 0.25) is 11.8 Å². The van der Waals surface area contributed by atoms with E-state index < -0.39 is 0 Å². The van der Waals surface area contributed by atoms with Crippen molar-refractivity contribution in [3.8, 4) is 11.5 Å². The Labute approximate surface area is 143 Å². The number of nitrogens with zero attached hydrogens (tertiary/aromatic N) is 3. The van der Waals surface area contributed by atoms with Crippen molar-refractivity contribution in [2.45, 2.75) is 18.7 Å². The van der Waals surface area contributed by atoms with E-state index in [1.165, 1.54) is 11.8 Å². The highest BCUT2D eigenvalue weighted by molar-refractivity contribution is 7.99. The van der Waals surface area contributed by atoms with Gasteiger partial charge in [-0.1, -0.05) is 29.5 Å². The SMILES string of the molecule is Cc1ccc(-c2nnc(SCC(=O)N(C)Cc3ccco3)o2)cc1. The zero-order chi connectivity index (χ0) is 16.9. The fraction of sp³-hybridized carbons (Fsp3) is 0.235. The van der Waals surface area contributed by atoms with Crippen LogP contribution in [0.4, 0.5) is 0 Å². The summed E-state index contributed by atoms with van der Waals surface area (Å²) in [5, 5.41) is 8.38. The van der Waals surface area contributed by atoms with E-state index >= 15 is 0 Å². The van der Waals surface area contributed by atoms with Crippen molar-refractivity contribution in [1.29, 1.82) is 0 Å². The Morgan fingerprint density at radius 3 is 2.71 bits per heavy atom. The second-order valence-electron chi connectivity index (χ2n) is 5.36. The van der Waals surface area contributed by atoms with Gasteiger partial charge in [-0.05, 0) is 31.2 Å². The van der Waals surface area contributed by atoms with Crippen molar-refractivity contribution in [3.63, 3.8) is 0 Å². The molecule has 0 aliphatic heterocycles. The van der Waals surface area contributed by atoms with Crippen LogP contribution in [0.3, 0.4) is 0 Å². The molecule has 0 atom stereocenters. The Morgan fingerprint density at radius 2 is 2.00 bits per heavy atom. The van der Waals surface area contributed by atoms with Gasteiger partial charge in [0.25, 0.3) is 5.22 Å². The number of rotatable bonds is 6. The lowest BCUT2D eigenvalue weighted by atomic mass is 10.1. The lowest BCUT2D eigenvalue weighted by molar-refractivity contribution is -0.127. The molecule has 0 bridgehead atoms. The number of amides is 1. The lowest BCUT2D eigenvalue weighted by Crippen LogP contribution is -2.27. The second kappa shape index (κ2) is 7.35. The second-order valence-corrected chi connectivity index (χ2v) is 6.28. The first-order valence-electron chi connectivity index (χ1n) is 7.41. The minimum Gasteiger partial charge on any atom is -0.467 e. The molecular weight excluding hydrogens is 326 g/mol. The van der Waals surface area contributed by atoms with Gasteiger partial charge in [0, 0.05) is 12.6 Å². The van der Waals surface area contributed by atoms with Gasteiger partial charge in [0.1, 0.15) is 5.76 Å². The van der Waals surface area contributed by atoms with Gasteiger partial charge in [0.15, 0.2) is 0 Å². The van der Waals surface area contributed by atoms with Crippen LogP contribution >= 0.6 is 11.8 Å². The third-order valence-corrected chi connectivity index (χ3v) is 4.23. The van der Waals surface area contributed by atoms with Crippen molar-refractivity contribution in [3.05, 3.63) is 54.0 Å². The number of aryl methyl sites for hydroxylation is 1. The van der Waals surface area contributed by atoms with Crippen molar-refractivity contribution >= 4 is 17.7 Å². The van der Waals surface area contributed by atoms with E-state index in [0.29, 0.717) is 17.7 Å². The third-order valence-electron chi connectivity index (χ3n) is 3.42. The number of carbonyl (C=O) groups excluding carboxylic acids is 1.